The normalized spacial score (nSPS) is 14.5. The van der Waals surface area contributed by atoms with Crippen molar-refractivity contribution in [2.24, 2.45) is 0 Å². The highest BCUT2D eigenvalue weighted by Gasteiger charge is 2.18. The van der Waals surface area contributed by atoms with Crippen molar-refractivity contribution < 1.29 is 18.9 Å². The van der Waals surface area contributed by atoms with Gasteiger partial charge in [0, 0.05) is 25.3 Å². The molecule has 1 heterocycles. The largest absolute Gasteiger partial charge is 0.490 e. The van der Waals surface area contributed by atoms with Gasteiger partial charge in [-0.25, -0.2) is 0 Å². The standard InChI is InChI=1S/C14H21NO4/c1-4-15-7-11-5-13-14(19-9-18-13)6-12(11)17-8-10(2)16-3/h5-6,10,15H,4,7-9H2,1-3H3. The maximum absolute atomic E-state index is 5.81. The Kier molecular flexibility index (Phi) is 4.87. The first-order valence-electron chi connectivity index (χ1n) is 6.53. The molecule has 1 aliphatic rings. The van der Waals surface area contributed by atoms with Gasteiger partial charge in [0.05, 0.1) is 6.10 Å². The van der Waals surface area contributed by atoms with Crippen molar-refractivity contribution in [3.63, 3.8) is 0 Å². The summed E-state index contributed by atoms with van der Waals surface area (Å²) in [5.74, 6) is 2.33. The summed E-state index contributed by atoms with van der Waals surface area (Å²) in [4.78, 5) is 0. The Morgan fingerprint density at radius 2 is 2.05 bits per heavy atom. The Balaban J connectivity index is 2.13. The number of rotatable bonds is 7. The third-order valence-electron chi connectivity index (χ3n) is 3.00. The zero-order chi connectivity index (χ0) is 13.7. The minimum Gasteiger partial charge on any atom is -0.490 e. The zero-order valence-electron chi connectivity index (χ0n) is 11.7. The van der Waals surface area contributed by atoms with Crippen LogP contribution < -0.4 is 19.5 Å². The maximum atomic E-state index is 5.81. The molecular formula is C14H21NO4. The van der Waals surface area contributed by atoms with Crippen molar-refractivity contribution in [1.29, 1.82) is 0 Å². The fourth-order valence-corrected chi connectivity index (χ4v) is 1.77. The molecule has 1 aliphatic heterocycles. The van der Waals surface area contributed by atoms with E-state index < -0.39 is 0 Å². The summed E-state index contributed by atoms with van der Waals surface area (Å²) in [6.07, 6.45) is 0.0532. The molecule has 0 radical (unpaired) electrons. The van der Waals surface area contributed by atoms with Crippen LogP contribution in [-0.2, 0) is 11.3 Å². The SMILES string of the molecule is CCNCc1cc2c(cc1OCC(C)OC)OCO2. The Labute approximate surface area is 113 Å². The lowest BCUT2D eigenvalue weighted by Gasteiger charge is -2.15. The molecule has 1 aromatic carbocycles. The second kappa shape index (κ2) is 6.63. The molecule has 5 heteroatoms. The van der Waals surface area contributed by atoms with Crippen molar-refractivity contribution in [1.82, 2.24) is 5.32 Å². The maximum Gasteiger partial charge on any atom is 0.231 e. The van der Waals surface area contributed by atoms with Crippen molar-refractivity contribution in [3.05, 3.63) is 17.7 Å². The van der Waals surface area contributed by atoms with E-state index in [1.807, 2.05) is 19.1 Å². The summed E-state index contributed by atoms with van der Waals surface area (Å²) in [6, 6.07) is 3.86. The third-order valence-corrected chi connectivity index (χ3v) is 3.00. The summed E-state index contributed by atoms with van der Waals surface area (Å²) in [5, 5.41) is 3.29. The van der Waals surface area contributed by atoms with Gasteiger partial charge in [-0.2, -0.15) is 0 Å². The van der Waals surface area contributed by atoms with Crippen LogP contribution in [0, 0.1) is 0 Å². The van der Waals surface area contributed by atoms with Gasteiger partial charge in [0.2, 0.25) is 6.79 Å². The van der Waals surface area contributed by atoms with Crippen molar-refractivity contribution in [2.75, 3.05) is 27.1 Å². The van der Waals surface area contributed by atoms with Gasteiger partial charge in [-0.1, -0.05) is 6.92 Å². The van der Waals surface area contributed by atoms with E-state index in [0.29, 0.717) is 6.61 Å². The van der Waals surface area contributed by atoms with Crippen LogP contribution in [-0.4, -0.2) is 33.2 Å². The first kappa shape index (κ1) is 14.0. The summed E-state index contributed by atoms with van der Waals surface area (Å²) in [5.41, 5.74) is 1.06. The van der Waals surface area contributed by atoms with Crippen LogP contribution in [0.3, 0.4) is 0 Å². The van der Waals surface area contributed by atoms with E-state index in [1.165, 1.54) is 0 Å². The average Bonchev–Trinajstić information content (AvgIpc) is 2.88. The molecule has 1 aromatic rings. The minimum absolute atomic E-state index is 0.0532. The van der Waals surface area contributed by atoms with Crippen LogP contribution in [0.5, 0.6) is 17.2 Å². The first-order valence-corrected chi connectivity index (χ1v) is 6.53. The molecule has 5 nitrogen and oxygen atoms in total. The topological polar surface area (TPSA) is 49.0 Å². The average molecular weight is 267 g/mol. The lowest BCUT2D eigenvalue weighted by molar-refractivity contribution is 0.0712. The molecule has 1 N–H and O–H groups in total. The summed E-state index contributed by atoms with van der Waals surface area (Å²) >= 11 is 0. The lowest BCUT2D eigenvalue weighted by atomic mass is 10.1. The van der Waals surface area contributed by atoms with E-state index in [-0.39, 0.29) is 12.9 Å². The number of hydrogen-bond donors (Lipinski definition) is 1. The molecule has 0 bridgehead atoms. The van der Waals surface area contributed by atoms with Crippen LogP contribution in [0.2, 0.25) is 0 Å². The van der Waals surface area contributed by atoms with E-state index in [0.717, 1.165) is 35.9 Å². The molecule has 0 saturated carbocycles. The van der Waals surface area contributed by atoms with Crippen LogP contribution >= 0.6 is 0 Å². The highest BCUT2D eigenvalue weighted by molar-refractivity contribution is 5.51. The van der Waals surface area contributed by atoms with Gasteiger partial charge in [-0.3, -0.25) is 0 Å². The van der Waals surface area contributed by atoms with E-state index in [4.69, 9.17) is 18.9 Å². The van der Waals surface area contributed by atoms with Gasteiger partial charge >= 0.3 is 0 Å². The predicted molar refractivity (Wildman–Crippen MR) is 71.9 cm³/mol. The van der Waals surface area contributed by atoms with E-state index >= 15 is 0 Å². The van der Waals surface area contributed by atoms with Crippen LogP contribution in [0.4, 0.5) is 0 Å². The van der Waals surface area contributed by atoms with E-state index in [9.17, 15) is 0 Å². The summed E-state index contributed by atoms with van der Waals surface area (Å²) in [6.45, 7) is 6.47. The highest BCUT2D eigenvalue weighted by atomic mass is 16.7. The highest BCUT2D eigenvalue weighted by Crippen LogP contribution is 2.38. The number of hydrogen-bond acceptors (Lipinski definition) is 5. The van der Waals surface area contributed by atoms with E-state index in [1.54, 1.807) is 7.11 Å². The molecule has 1 atom stereocenters. The molecule has 0 spiro atoms. The molecule has 106 valence electrons. The lowest BCUT2D eigenvalue weighted by Crippen LogP contribution is -2.18. The van der Waals surface area contributed by atoms with Gasteiger partial charge in [0.25, 0.3) is 0 Å². The Hall–Kier alpha value is -1.46. The molecule has 2 rings (SSSR count). The number of fused-ring (bicyclic) bond motifs is 1. The predicted octanol–water partition coefficient (Wildman–Crippen LogP) is 1.94. The molecule has 0 saturated heterocycles. The Morgan fingerprint density at radius 1 is 1.32 bits per heavy atom. The Morgan fingerprint density at radius 3 is 2.74 bits per heavy atom. The van der Waals surface area contributed by atoms with Gasteiger partial charge in [0.1, 0.15) is 12.4 Å². The smallest absolute Gasteiger partial charge is 0.231 e. The molecular weight excluding hydrogens is 246 g/mol. The van der Waals surface area contributed by atoms with Gasteiger partial charge in [0.15, 0.2) is 11.5 Å². The molecule has 0 aromatic heterocycles. The fourth-order valence-electron chi connectivity index (χ4n) is 1.77. The first-order chi connectivity index (χ1) is 9.24. The van der Waals surface area contributed by atoms with Gasteiger partial charge in [-0.05, 0) is 19.5 Å². The van der Waals surface area contributed by atoms with Crippen molar-refractivity contribution >= 4 is 0 Å². The molecule has 19 heavy (non-hydrogen) atoms. The number of nitrogens with one attached hydrogen (secondary N) is 1. The van der Waals surface area contributed by atoms with E-state index in [2.05, 4.69) is 12.2 Å². The van der Waals surface area contributed by atoms with Crippen LogP contribution in [0.15, 0.2) is 12.1 Å². The second-order valence-electron chi connectivity index (χ2n) is 4.45. The quantitative estimate of drug-likeness (QED) is 0.818. The second-order valence-corrected chi connectivity index (χ2v) is 4.45. The van der Waals surface area contributed by atoms with Gasteiger partial charge in [-0.15, -0.1) is 0 Å². The monoisotopic (exact) mass is 267 g/mol. The molecule has 1 unspecified atom stereocenters. The van der Waals surface area contributed by atoms with Crippen LogP contribution in [0.1, 0.15) is 19.4 Å². The minimum atomic E-state index is 0.0532. The summed E-state index contributed by atoms with van der Waals surface area (Å²) in [7, 11) is 1.67. The van der Waals surface area contributed by atoms with Crippen molar-refractivity contribution in [2.45, 2.75) is 26.5 Å². The number of methoxy groups -OCH3 is 1. The fraction of sp³-hybridized carbons (Fsp3) is 0.571. The molecule has 0 fully saturated rings. The van der Waals surface area contributed by atoms with Gasteiger partial charge < -0.3 is 24.3 Å². The van der Waals surface area contributed by atoms with Crippen molar-refractivity contribution in [3.8, 4) is 17.2 Å². The summed E-state index contributed by atoms with van der Waals surface area (Å²) < 4.78 is 21.8. The molecule has 0 amide bonds. The number of ether oxygens (including phenoxy) is 4. The zero-order valence-corrected chi connectivity index (χ0v) is 11.7. The van der Waals surface area contributed by atoms with Crippen LogP contribution in [0.25, 0.3) is 0 Å². The molecule has 0 aliphatic carbocycles. The third kappa shape index (κ3) is 3.52. The number of benzene rings is 1. The Bertz CT molecular complexity index is 422.